The summed E-state index contributed by atoms with van der Waals surface area (Å²) in [7, 11) is 0. The maximum absolute atomic E-state index is 12.7. The molecule has 3 aromatic rings. The van der Waals surface area contributed by atoms with Crippen LogP contribution in [0.25, 0.3) is 10.9 Å². The van der Waals surface area contributed by atoms with Gasteiger partial charge in [-0.15, -0.1) is 0 Å². The predicted octanol–water partition coefficient (Wildman–Crippen LogP) is 2.70. The molecule has 3 heterocycles. The molecule has 0 saturated carbocycles. The number of piperidine rings is 1. The Labute approximate surface area is 182 Å². The van der Waals surface area contributed by atoms with Crippen molar-refractivity contribution in [3.8, 4) is 5.75 Å². The van der Waals surface area contributed by atoms with Crippen molar-refractivity contribution in [3.63, 3.8) is 0 Å². The maximum atomic E-state index is 12.7. The van der Waals surface area contributed by atoms with Crippen LogP contribution in [0, 0.1) is 12.8 Å². The molecule has 1 N–H and O–H groups in total. The van der Waals surface area contributed by atoms with E-state index in [1.165, 1.54) is 0 Å². The second kappa shape index (κ2) is 9.68. The van der Waals surface area contributed by atoms with Crippen molar-refractivity contribution in [2.24, 2.45) is 5.92 Å². The average molecular weight is 421 g/mol. The average Bonchev–Trinajstić information content (AvgIpc) is 2.80. The number of benzene rings is 1. The Morgan fingerprint density at radius 1 is 1.29 bits per heavy atom. The molecule has 1 saturated heterocycles. The summed E-state index contributed by atoms with van der Waals surface area (Å²) in [5.74, 6) is 1.51. The van der Waals surface area contributed by atoms with Gasteiger partial charge in [-0.05, 0) is 44.9 Å². The summed E-state index contributed by atoms with van der Waals surface area (Å²) in [5.41, 5.74) is 2.68. The van der Waals surface area contributed by atoms with Crippen molar-refractivity contribution in [2.75, 3.05) is 31.1 Å². The van der Waals surface area contributed by atoms with E-state index < -0.39 is 0 Å². The van der Waals surface area contributed by atoms with Crippen LogP contribution in [-0.2, 0) is 11.2 Å². The van der Waals surface area contributed by atoms with Crippen LogP contribution in [-0.4, -0.2) is 52.1 Å². The molecule has 1 fully saturated rings. The van der Waals surface area contributed by atoms with E-state index in [0.717, 1.165) is 47.4 Å². The van der Waals surface area contributed by atoms with Crippen LogP contribution in [0.1, 0.15) is 31.2 Å². The number of ether oxygens (including phenoxy) is 1. The van der Waals surface area contributed by atoms with Gasteiger partial charge in [-0.2, -0.15) is 0 Å². The van der Waals surface area contributed by atoms with Gasteiger partial charge in [0, 0.05) is 50.0 Å². The van der Waals surface area contributed by atoms with Gasteiger partial charge in [0.15, 0.2) is 0 Å². The lowest BCUT2D eigenvalue weighted by atomic mass is 9.97. The van der Waals surface area contributed by atoms with Crippen LogP contribution >= 0.6 is 0 Å². The number of anilines is 1. The maximum Gasteiger partial charge on any atom is 0.226 e. The van der Waals surface area contributed by atoms with Crippen LogP contribution in [0.3, 0.4) is 0 Å². The standard InChI is InChI=1S/C23H28N6O2/c1-3-31-19-6-7-21-20(13-19)16(2)27-23(28-21)29-12-4-5-17(15-29)22(30)26-9-8-18-14-24-10-11-25-18/h6-7,10-11,13-14,17H,3-5,8-9,12,15H2,1-2H3,(H,26,30). The van der Waals surface area contributed by atoms with Gasteiger partial charge in [-0.3, -0.25) is 14.8 Å². The third kappa shape index (κ3) is 5.07. The molecule has 1 unspecified atom stereocenters. The summed E-state index contributed by atoms with van der Waals surface area (Å²) in [6, 6.07) is 5.90. The lowest BCUT2D eigenvalue weighted by molar-refractivity contribution is -0.125. The summed E-state index contributed by atoms with van der Waals surface area (Å²) in [5, 5.41) is 4.03. The summed E-state index contributed by atoms with van der Waals surface area (Å²) < 4.78 is 5.60. The largest absolute Gasteiger partial charge is 0.494 e. The van der Waals surface area contributed by atoms with Crippen LogP contribution in [0.15, 0.2) is 36.8 Å². The molecular formula is C23H28N6O2. The van der Waals surface area contributed by atoms with Crippen molar-refractivity contribution in [3.05, 3.63) is 48.2 Å². The molecule has 1 amide bonds. The Kier molecular flexibility index (Phi) is 6.54. The zero-order chi connectivity index (χ0) is 21.6. The number of aromatic nitrogens is 4. The Bertz CT molecular complexity index is 1040. The Morgan fingerprint density at radius 2 is 2.19 bits per heavy atom. The fourth-order valence-corrected chi connectivity index (χ4v) is 3.93. The zero-order valence-corrected chi connectivity index (χ0v) is 18.0. The molecule has 0 radical (unpaired) electrons. The monoisotopic (exact) mass is 420 g/mol. The number of amides is 1. The smallest absolute Gasteiger partial charge is 0.226 e. The normalized spacial score (nSPS) is 16.3. The quantitative estimate of drug-likeness (QED) is 0.628. The van der Waals surface area contributed by atoms with E-state index >= 15 is 0 Å². The molecule has 0 bridgehead atoms. The van der Waals surface area contributed by atoms with Crippen molar-refractivity contribution < 1.29 is 9.53 Å². The van der Waals surface area contributed by atoms with Gasteiger partial charge >= 0.3 is 0 Å². The first kappa shape index (κ1) is 21.0. The van der Waals surface area contributed by atoms with E-state index in [0.29, 0.717) is 32.1 Å². The molecule has 0 spiro atoms. The highest BCUT2D eigenvalue weighted by atomic mass is 16.5. The first-order valence-corrected chi connectivity index (χ1v) is 10.8. The number of aryl methyl sites for hydroxylation is 1. The van der Waals surface area contributed by atoms with E-state index in [9.17, 15) is 4.79 Å². The van der Waals surface area contributed by atoms with Gasteiger partial charge in [0.25, 0.3) is 0 Å². The highest BCUT2D eigenvalue weighted by Gasteiger charge is 2.27. The third-order valence-electron chi connectivity index (χ3n) is 5.53. The predicted molar refractivity (Wildman–Crippen MR) is 119 cm³/mol. The van der Waals surface area contributed by atoms with Gasteiger partial charge in [-0.25, -0.2) is 9.97 Å². The topological polar surface area (TPSA) is 93.1 Å². The minimum atomic E-state index is -0.0736. The lowest BCUT2D eigenvalue weighted by Gasteiger charge is -2.32. The van der Waals surface area contributed by atoms with Crippen LogP contribution < -0.4 is 15.0 Å². The molecule has 4 rings (SSSR count). The minimum Gasteiger partial charge on any atom is -0.494 e. The van der Waals surface area contributed by atoms with Gasteiger partial charge in [0.05, 0.1) is 29.4 Å². The molecule has 1 atom stereocenters. The fourth-order valence-electron chi connectivity index (χ4n) is 3.93. The Morgan fingerprint density at radius 3 is 3.00 bits per heavy atom. The first-order chi connectivity index (χ1) is 15.1. The van der Waals surface area contributed by atoms with Crippen LogP contribution in [0.4, 0.5) is 5.95 Å². The van der Waals surface area contributed by atoms with E-state index in [1.54, 1.807) is 18.6 Å². The zero-order valence-electron chi connectivity index (χ0n) is 18.0. The van der Waals surface area contributed by atoms with E-state index in [2.05, 4.69) is 20.2 Å². The lowest BCUT2D eigenvalue weighted by Crippen LogP contribution is -2.44. The van der Waals surface area contributed by atoms with E-state index in [-0.39, 0.29) is 11.8 Å². The number of carbonyl (C=O) groups excluding carboxylic acids is 1. The minimum absolute atomic E-state index is 0.0736. The molecule has 8 nitrogen and oxygen atoms in total. The SMILES string of the molecule is CCOc1ccc2nc(N3CCCC(C(=O)NCCc4cnccn4)C3)nc(C)c2c1. The fraction of sp³-hybridized carbons (Fsp3) is 0.435. The number of carbonyl (C=O) groups is 1. The summed E-state index contributed by atoms with van der Waals surface area (Å²) >= 11 is 0. The molecule has 1 aromatic carbocycles. The van der Waals surface area contributed by atoms with Gasteiger partial charge in [-0.1, -0.05) is 0 Å². The molecule has 31 heavy (non-hydrogen) atoms. The highest BCUT2D eigenvalue weighted by molar-refractivity contribution is 5.83. The molecule has 2 aromatic heterocycles. The second-order valence-electron chi connectivity index (χ2n) is 7.74. The van der Waals surface area contributed by atoms with Crippen molar-refractivity contribution in [1.82, 2.24) is 25.3 Å². The van der Waals surface area contributed by atoms with Crippen LogP contribution in [0.2, 0.25) is 0 Å². The van der Waals surface area contributed by atoms with E-state index in [4.69, 9.17) is 14.7 Å². The van der Waals surface area contributed by atoms with Crippen molar-refractivity contribution in [1.29, 1.82) is 0 Å². The van der Waals surface area contributed by atoms with Crippen molar-refractivity contribution in [2.45, 2.75) is 33.1 Å². The van der Waals surface area contributed by atoms with Crippen molar-refractivity contribution >= 4 is 22.8 Å². The first-order valence-electron chi connectivity index (χ1n) is 10.8. The highest BCUT2D eigenvalue weighted by Crippen LogP contribution is 2.26. The molecule has 0 aliphatic carbocycles. The number of nitrogens with one attached hydrogen (secondary N) is 1. The second-order valence-corrected chi connectivity index (χ2v) is 7.74. The third-order valence-corrected chi connectivity index (χ3v) is 5.53. The molecular weight excluding hydrogens is 392 g/mol. The van der Waals surface area contributed by atoms with Gasteiger partial charge in [0.2, 0.25) is 11.9 Å². The number of hydrogen-bond donors (Lipinski definition) is 1. The molecule has 1 aliphatic heterocycles. The summed E-state index contributed by atoms with van der Waals surface area (Å²) in [4.78, 5) is 32.6. The Balaban J connectivity index is 1.41. The Hall–Kier alpha value is -3.29. The molecule has 162 valence electrons. The summed E-state index contributed by atoms with van der Waals surface area (Å²) in [6.45, 7) is 6.62. The number of hydrogen-bond acceptors (Lipinski definition) is 7. The number of nitrogens with zero attached hydrogens (tertiary/aromatic N) is 5. The van der Waals surface area contributed by atoms with E-state index in [1.807, 2.05) is 32.0 Å². The summed E-state index contributed by atoms with van der Waals surface area (Å²) in [6.07, 6.45) is 7.52. The van der Waals surface area contributed by atoms with Gasteiger partial charge in [0.1, 0.15) is 5.75 Å². The number of rotatable bonds is 7. The van der Waals surface area contributed by atoms with Gasteiger partial charge < -0.3 is 15.0 Å². The number of fused-ring (bicyclic) bond motifs is 1. The van der Waals surface area contributed by atoms with Crippen LogP contribution in [0.5, 0.6) is 5.75 Å². The molecule has 8 heteroatoms. The molecule has 1 aliphatic rings.